The van der Waals surface area contributed by atoms with Crippen LogP contribution < -0.4 is 4.72 Å². The minimum Gasteiger partial charge on any atom is -0.274 e. The molecule has 18 heavy (non-hydrogen) atoms. The number of rotatable bonds is 3. The maximum Gasteiger partial charge on any atom is 0.271 e. The summed E-state index contributed by atoms with van der Waals surface area (Å²) < 4.78 is 51.6. The minimum absolute atomic E-state index is 0.0590. The van der Waals surface area contributed by atoms with E-state index in [1.54, 1.807) is 13.0 Å². The topological polar surface area (TPSA) is 59.1 Å². The van der Waals surface area contributed by atoms with Gasteiger partial charge >= 0.3 is 0 Å². The van der Waals surface area contributed by atoms with Gasteiger partial charge in [-0.3, -0.25) is 4.72 Å². The molecule has 2 aromatic heterocycles. The highest BCUT2D eigenvalue weighted by Crippen LogP contribution is 2.24. The van der Waals surface area contributed by atoms with Gasteiger partial charge in [-0.2, -0.15) is 13.8 Å². The zero-order chi connectivity index (χ0) is 13.3. The van der Waals surface area contributed by atoms with Gasteiger partial charge in [0.1, 0.15) is 9.90 Å². The molecule has 0 aliphatic heterocycles. The van der Waals surface area contributed by atoms with E-state index in [0.717, 1.165) is 28.3 Å². The Balaban J connectivity index is 2.33. The van der Waals surface area contributed by atoms with Crippen LogP contribution in [0.3, 0.4) is 0 Å². The molecule has 2 heterocycles. The Morgan fingerprint density at radius 1 is 1.22 bits per heavy atom. The van der Waals surface area contributed by atoms with E-state index in [4.69, 9.17) is 0 Å². The molecule has 2 aromatic rings. The van der Waals surface area contributed by atoms with Crippen LogP contribution in [0.5, 0.6) is 0 Å². The summed E-state index contributed by atoms with van der Waals surface area (Å²) in [7, 11) is -3.86. The second-order valence-corrected chi connectivity index (χ2v) is 6.64. The first-order valence-corrected chi connectivity index (χ1v) is 7.10. The lowest BCUT2D eigenvalue weighted by Crippen LogP contribution is -2.13. The number of sulfonamides is 1. The molecule has 0 aliphatic rings. The highest BCUT2D eigenvalue weighted by atomic mass is 32.2. The highest BCUT2D eigenvalue weighted by molar-refractivity contribution is 7.94. The van der Waals surface area contributed by atoms with Crippen LogP contribution in [0, 0.1) is 18.8 Å². The fourth-order valence-electron chi connectivity index (χ4n) is 1.24. The molecule has 8 heteroatoms. The number of nitrogens with zero attached hydrogens (tertiary/aromatic N) is 1. The lowest BCUT2D eigenvalue weighted by atomic mass is 10.4. The molecule has 1 N–H and O–H groups in total. The summed E-state index contributed by atoms with van der Waals surface area (Å²) in [6.07, 6.45) is 0. The van der Waals surface area contributed by atoms with Crippen LogP contribution in [0.2, 0.25) is 0 Å². The van der Waals surface area contributed by atoms with Gasteiger partial charge in [0, 0.05) is 4.88 Å². The van der Waals surface area contributed by atoms with Crippen LogP contribution >= 0.6 is 11.3 Å². The number of thiophene rings is 1. The first-order valence-electron chi connectivity index (χ1n) is 4.80. The number of nitrogens with one attached hydrogen (secondary N) is 1. The Labute approximate surface area is 106 Å². The summed E-state index contributed by atoms with van der Waals surface area (Å²) in [5, 5.41) is 0. The first-order chi connectivity index (χ1) is 8.38. The van der Waals surface area contributed by atoms with Gasteiger partial charge in [-0.05, 0) is 31.2 Å². The molecular formula is C10H8F2N2O2S2. The molecule has 0 bridgehead atoms. The van der Waals surface area contributed by atoms with Crippen molar-refractivity contribution < 1.29 is 17.2 Å². The summed E-state index contributed by atoms with van der Waals surface area (Å²) in [4.78, 5) is 3.71. The van der Waals surface area contributed by atoms with Gasteiger partial charge in [0.05, 0.1) is 0 Å². The minimum atomic E-state index is -3.86. The Bertz CT molecular complexity index is 683. The van der Waals surface area contributed by atoms with Gasteiger partial charge in [0.25, 0.3) is 10.0 Å². The molecular weight excluding hydrogens is 282 g/mol. The Hall–Kier alpha value is -1.54. The average molecular weight is 290 g/mol. The number of hydrogen-bond donors (Lipinski definition) is 1. The van der Waals surface area contributed by atoms with Crippen molar-refractivity contribution in [3.8, 4) is 0 Å². The van der Waals surface area contributed by atoms with Gasteiger partial charge < -0.3 is 0 Å². The second kappa shape index (κ2) is 4.62. The van der Waals surface area contributed by atoms with Crippen LogP contribution in [0.15, 0.2) is 28.5 Å². The van der Waals surface area contributed by atoms with Crippen molar-refractivity contribution >= 4 is 27.0 Å². The van der Waals surface area contributed by atoms with Crippen molar-refractivity contribution in [2.24, 2.45) is 0 Å². The monoisotopic (exact) mass is 290 g/mol. The average Bonchev–Trinajstić information content (AvgIpc) is 2.70. The van der Waals surface area contributed by atoms with Crippen molar-refractivity contribution in [3.63, 3.8) is 0 Å². The SMILES string of the molecule is Cc1ccc(S(=O)(=O)Nc2ccc(F)nc2F)s1. The number of pyridine rings is 1. The second-order valence-electron chi connectivity index (χ2n) is 3.44. The van der Waals surface area contributed by atoms with E-state index >= 15 is 0 Å². The maximum absolute atomic E-state index is 13.2. The largest absolute Gasteiger partial charge is 0.274 e. The standard InChI is InChI=1S/C10H8F2N2O2S2/c1-6-2-5-9(17-6)18(15,16)14-7-3-4-8(11)13-10(7)12/h2-5,14H,1H3. The number of aryl methyl sites for hydroxylation is 1. The molecule has 0 saturated carbocycles. The first kappa shape index (κ1) is 12.9. The smallest absolute Gasteiger partial charge is 0.271 e. The van der Waals surface area contributed by atoms with E-state index in [1.165, 1.54) is 6.07 Å². The molecule has 0 aromatic carbocycles. The van der Waals surface area contributed by atoms with E-state index in [1.807, 2.05) is 4.72 Å². The van der Waals surface area contributed by atoms with E-state index in [0.29, 0.717) is 0 Å². The van der Waals surface area contributed by atoms with Gasteiger partial charge in [0.15, 0.2) is 0 Å². The molecule has 4 nitrogen and oxygen atoms in total. The quantitative estimate of drug-likeness (QED) is 0.884. The predicted molar refractivity (Wildman–Crippen MR) is 64.0 cm³/mol. The van der Waals surface area contributed by atoms with Gasteiger partial charge in [-0.25, -0.2) is 8.42 Å². The van der Waals surface area contributed by atoms with Crippen LogP contribution in [0.25, 0.3) is 0 Å². The lowest BCUT2D eigenvalue weighted by Gasteiger charge is -2.06. The third-order valence-corrected chi connectivity index (χ3v) is 4.90. The molecule has 0 saturated heterocycles. The molecule has 2 rings (SSSR count). The van der Waals surface area contributed by atoms with E-state index < -0.39 is 21.9 Å². The molecule has 0 aliphatic carbocycles. The fourth-order valence-corrected chi connectivity index (χ4v) is 3.58. The van der Waals surface area contributed by atoms with Crippen LogP contribution in [-0.4, -0.2) is 13.4 Å². The number of hydrogen-bond acceptors (Lipinski definition) is 4. The lowest BCUT2D eigenvalue weighted by molar-refractivity contribution is 0.515. The molecule has 0 radical (unpaired) electrons. The van der Waals surface area contributed by atoms with Crippen LogP contribution in [0.1, 0.15) is 4.88 Å². The van der Waals surface area contributed by atoms with Crippen LogP contribution in [0.4, 0.5) is 14.5 Å². The summed E-state index contributed by atoms with van der Waals surface area (Å²) in [5.41, 5.74) is -0.387. The Morgan fingerprint density at radius 2 is 1.94 bits per heavy atom. The molecule has 0 atom stereocenters. The third kappa shape index (κ3) is 2.65. The zero-order valence-electron chi connectivity index (χ0n) is 9.15. The molecule has 96 valence electrons. The third-order valence-electron chi connectivity index (χ3n) is 2.04. The molecule has 0 spiro atoms. The Morgan fingerprint density at radius 3 is 2.50 bits per heavy atom. The molecule has 0 fully saturated rings. The molecule has 0 unspecified atom stereocenters. The maximum atomic E-state index is 13.2. The highest BCUT2D eigenvalue weighted by Gasteiger charge is 2.18. The van der Waals surface area contributed by atoms with Crippen molar-refractivity contribution in [3.05, 3.63) is 41.0 Å². The summed E-state index contributed by atoms with van der Waals surface area (Å²) in [6, 6.07) is 4.91. The van der Waals surface area contributed by atoms with Gasteiger partial charge in [0.2, 0.25) is 11.9 Å². The normalized spacial score (nSPS) is 11.5. The number of anilines is 1. The summed E-state index contributed by atoms with van der Waals surface area (Å²) in [6.45, 7) is 1.75. The van der Waals surface area contributed by atoms with Crippen molar-refractivity contribution in [1.29, 1.82) is 0 Å². The number of aromatic nitrogens is 1. The molecule has 0 amide bonds. The van der Waals surface area contributed by atoms with Crippen molar-refractivity contribution in [2.45, 2.75) is 11.1 Å². The Kier molecular flexibility index (Phi) is 3.31. The predicted octanol–water partition coefficient (Wildman–Crippen LogP) is 2.53. The van der Waals surface area contributed by atoms with Crippen molar-refractivity contribution in [1.82, 2.24) is 4.98 Å². The zero-order valence-corrected chi connectivity index (χ0v) is 10.8. The summed E-state index contributed by atoms with van der Waals surface area (Å²) in [5.74, 6) is -2.21. The van der Waals surface area contributed by atoms with Crippen molar-refractivity contribution in [2.75, 3.05) is 4.72 Å². The van der Waals surface area contributed by atoms with Gasteiger partial charge in [-0.1, -0.05) is 0 Å². The fraction of sp³-hybridized carbons (Fsp3) is 0.100. The summed E-state index contributed by atoms with van der Waals surface area (Å²) >= 11 is 1.06. The van der Waals surface area contributed by atoms with E-state index in [-0.39, 0.29) is 9.90 Å². The van der Waals surface area contributed by atoms with E-state index in [9.17, 15) is 17.2 Å². The van der Waals surface area contributed by atoms with Gasteiger partial charge in [-0.15, -0.1) is 11.3 Å². The van der Waals surface area contributed by atoms with Crippen LogP contribution in [-0.2, 0) is 10.0 Å². The van der Waals surface area contributed by atoms with E-state index in [2.05, 4.69) is 4.98 Å². The number of halogens is 2.